The van der Waals surface area contributed by atoms with Gasteiger partial charge in [0.2, 0.25) is 0 Å². The summed E-state index contributed by atoms with van der Waals surface area (Å²) in [4.78, 5) is 12.1. The molecule has 0 aromatic heterocycles. The Labute approximate surface area is 182 Å². The van der Waals surface area contributed by atoms with Gasteiger partial charge in [0.25, 0.3) is 0 Å². The van der Waals surface area contributed by atoms with E-state index in [0.29, 0.717) is 25.9 Å². The van der Waals surface area contributed by atoms with Gasteiger partial charge >= 0.3 is 5.97 Å². The van der Waals surface area contributed by atoms with Crippen LogP contribution in [0.4, 0.5) is 4.39 Å². The molecular formula is C25H29FO5. The summed E-state index contributed by atoms with van der Waals surface area (Å²) >= 11 is 0. The van der Waals surface area contributed by atoms with Crippen LogP contribution < -0.4 is 9.47 Å². The van der Waals surface area contributed by atoms with Crippen molar-refractivity contribution in [3.05, 3.63) is 59.4 Å². The molecule has 31 heavy (non-hydrogen) atoms. The first-order valence-electron chi connectivity index (χ1n) is 10.9. The zero-order valence-corrected chi connectivity index (χ0v) is 18.1. The number of halogens is 1. The first-order valence-corrected chi connectivity index (χ1v) is 10.9. The highest BCUT2D eigenvalue weighted by Crippen LogP contribution is 2.53. The number of fused-ring (bicyclic) bond motifs is 3. The fraction of sp³-hybridized carbons (Fsp3) is 0.480. The van der Waals surface area contributed by atoms with Crippen LogP contribution >= 0.6 is 0 Å². The highest BCUT2D eigenvalue weighted by Gasteiger charge is 2.52. The summed E-state index contributed by atoms with van der Waals surface area (Å²) in [6, 6.07) is 12.1. The predicted molar refractivity (Wildman–Crippen MR) is 114 cm³/mol. The van der Waals surface area contributed by atoms with Gasteiger partial charge in [0.05, 0.1) is 24.7 Å². The molecule has 1 N–H and O–H groups in total. The van der Waals surface area contributed by atoms with E-state index in [1.54, 1.807) is 12.1 Å². The molecule has 0 saturated carbocycles. The van der Waals surface area contributed by atoms with Crippen LogP contribution in [0.2, 0.25) is 0 Å². The van der Waals surface area contributed by atoms with Crippen molar-refractivity contribution in [3.63, 3.8) is 0 Å². The Balaban J connectivity index is 1.62. The Morgan fingerprint density at radius 2 is 1.97 bits per heavy atom. The van der Waals surface area contributed by atoms with Crippen molar-refractivity contribution in [2.75, 3.05) is 6.61 Å². The van der Waals surface area contributed by atoms with Gasteiger partial charge in [0, 0.05) is 11.5 Å². The van der Waals surface area contributed by atoms with Gasteiger partial charge in [-0.3, -0.25) is 4.79 Å². The molecule has 0 unspecified atom stereocenters. The van der Waals surface area contributed by atoms with E-state index in [1.165, 1.54) is 12.1 Å². The van der Waals surface area contributed by atoms with E-state index >= 15 is 0 Å². The van der Waals surface area contributed by atoms with Crippen LogP contribution in [-0.4, -0.2) is 29.4 Å². The summed E-state index contributed by atoms with van der Waals surface area (Å²) in [5, 5.41) is 9.92. The molecule has 2 aliphatic heterocycles. The highest BCUT2D eigenvalue weighted by atomic mass is 19.1. The average Bonchev–Trinajstić information content (AvgIpc) is 2.73. The van der Waals surface area contributed by atoms with E-state index in [-0.39, 0.29) is 17.8 Å². The molecule has 0 radical (unpaired) electrons. The number of aryl methyl sites for hydroxylation is 1. The summed E-state index contributed by atoms with van der Waals surface area (Å²) in [5.74, 6) is -0.362. The molecule has 4 atom stereocenters. The molecule has 2 heterocycles. The van der Waals surface area contributed by atoms with E-state index in [0.717, 1.165) is 22.6 Å². The molecule has 0 amide bonds. The zero-order chi connectivity index (χ0) is 22.2. The molecule has 4 rings (SSSR count). The van der Waals surface area contributed by atoms with Crippen LogP contribution in [0.25, 0.3) is 0 Å². The maximum Gasteiger partial charge on any atom is 0.309 e. The van der Waals surface area contributed by atoms with Gasteiger partial charge in [0.15, 0.2) is 0 Å². The summed E-state index contributed by atoms with van der Waals surface area (Å²) in [5.41, 5.74) is 1.31. The number of benzene rings is 2. The van der Waals surface area contributed by atoms with Crippen LogP contribution in [0.1, 0.15) is 50.8 Å². The monoisotopic (exact) mass is 428 g/mol. The molecule has 1 saturated heterocycles. The first kappa shape index (κ1) is 21.6. The lowest BCUT2D eigenvalue weighted by atomic mass is 9.71. The van der Waals surface area contributed by atoms with Gasteiger partial charge < -0.3 is 19.3 Å². The van der Waals surface area contributed by atoms with Crippen LogP contribution in [0.3, 0.4) is 0 Å². The maximum absolute atomic E-state index is 13.2. The van der Waals surface area contributed by atoms with Crippen LogP contribution in [0, 0.1) is 17.7 Å². The first-order chi connectivity index (χ1) is 14.8. The van der Waals surface area contributed by atoms with Crippen molar-refractivity contribution in [2.45, 2.75) is 57.8 Å². The minimum atomic E-state index is -0.854. The van der Waals surface area contributed by atoms with Gasteiger partial charge in [0.1, 0.15) is 22.9 Å². The lowest BCUT2D eigenvalue weighted by Gasteiger charge is -2.50. The Kier molecular flexibility index (Phi) is 5.93. The molecular weight excluding hydrogens is 399 g/mol. The summed E-state index contributed by atoms with van der Waals surface area (Å²) in [6.45, 7) is 6.47. The lowest BCUT2D eigenvalue weighted by Crippen LogP contribution is -2.52. The van der Waals surface area contributed by atoms with Gasteiger partial charge in [-0.1, -0.05) is 12.1 Å². The van der Waals surface area contributed by atoms with E-state index in [1.807, 2.05) is 39.0 Å². The van der Waals surface area contributed by atoms with Gasteiger partial charge in [-0.2, -0.15) is 0 Å². The molecule has 1 fully saturated rings. The van der Waals surface area contributed by atoms with Gasteiger partial charge in [-0.05, 0) is 75.9 Å². The predicted octanol–water partition coefficient (Wildman–Crippen LogP) is 5.18. The Morgan fingerprint density at radius 1 is 1.23 bits per heavy atom. The normalized spacial score (nSPS) is 26.3. The van der Waals surface area contributed by atoms with Crippen molar-refractivity contribution in [2.24, 2.45) is 11.8 Å². The van der Waals surface area contributed by atoms with Crippen molar-refractivity contribution in [1.29, 1.82) is 0 Å². The Hall–Kier alpha value is -2.60. The second-order valence-electron chi connectivity index (χ2n) is 8.89. The number of carbonyl (C=O) groups is 1. The topological polar surface area (TPSA) is 65.0 Å². The number of carboxylic acid groups (broad SMARTS) is 1. The maximum atomic E-state index is 13.2. The number of rotatable bonds is 6. The van der Waals surface area contributed by atoms with Crippen LogP contribution in [0.15, 0.2) is 42.5 Å². The van der Waals surface area contributed by atoms with E-state index in [9.17, 15) is 14.3 Å². The zero-order valence-electron chi connectivity index (χ0n) is 18.1. The standard InChI is InChI=1S/C25H29FO5/c1-4-29-17-10-12-22-18(13-17)23-20(25(2,3)31-22)14-19(24(27)28)21(30-23)11-7-15-5-8-16(26)9-6-15/h5-6,8-10,12-13,19-21,23H,4,7,11,14H2,1-3H3,(H,27,28)/t19-,20-,21-,23+/m0/s1. The number of ether oxygens (including phenoxy) is 3. The number of carboxylic acids is 1. The summed E-state index contributed by atoms with van der Waals surface area (Å²) in [7, 11) is 0. The summed E-state index contributed by atoms with van der Waals surface area (Å²) < 4.78 is 31.7. The summed E-state index contributed by atoms with van der Waals surface area (Å²) in [6.07, 6.45) is 0.930. The van der Waals surface area contributed by atoms with Crippen molar-refractivity contribution in [3.8, 4) is 11.5 Å². The van der Waals surface area contributed by atoms with Crippen molar-refractivity contribution >= 4 is 5.97 Å². The average molecular weight is 429 g/mol. The molecule has 2 aliphatic rings. The molecule has 0 aliphatic carbocycles. The fourth-order valence-corrected chi connectivity index (χ4v) is 4.81. The third kappa shape index (κ3) is 4.40. The highest BCUT2D eigenvalue weighted by molar-refractivity contribution is 5.71. The van der Waals surface area contributed by atoms with Crippen LogP contribution in [0.5, 0.6) is 11.5 Å². The SMILES string of the molecule is CCOc1ccc2c(c1)[C@H]1O[C@@H](CCc3ccc(F)cc3)[C@@H](C(=O)O)C[C@@H]1C(C)(C)O2. The van der Waals surface area contributed by atoms with Crippen molar-refractivity contribution in [1.82, 2.24) is 0 Å². The van der Waals surface area contributed by atoms with Crippen molar-refractivity contribution < 1.29 is 28.5 Å². The smallest absolute Gasteiger partial charge is 0.309 e. The molecule has 2 aromatic carbocycles. The minimum absolute atomic E-state index is 0.0972. The molecule has 0 bridgehead atoms. The molecule has 0 spiro atoms. The molecule has 166 valence electrons. The number of hydrogen-bond acceptors (Lipinski definition) is 4. The third-order valence-corrected chi connectivity index (χ3v) is 6.46. The largest absolute Gasteiger partial charge is 0.494 e. The lowest BCUT2D eigenvalue weighted by molar-refractivity contribution is -0.188. The molecule has 5 nitrogen and oxygen atoms in total. The molecule has 6 heteroatoms. The second kappa shape index (κ2) is 8.50. The quantitative estimate of drug-likeness (QED) is 0.687. The number of hydrogen-bond donors (Lipinski definition) is 1. The second-order valence-corrected chi connectivity index (χ2v) is 8.89. The minimum Gasteiger partial charge on any atom is -0.494 e. The molecule has 2 aromatic rings. The van der Waals surface area contributed by atoms with E-state index in [2.05, 4.69) is 0 Å². The van der Waals surface area contributed by atoms with Gasteiger partial charge in [-0.25, -0.2) is 4.39 Å². The van der Waals surface area contributed by atoms with E-state index in [4.69, 9.17) is 14.2 Å². The van der Waals surface area contributed by atoms with Crippen LogP contribution in [-0.2, 0) is 16.0 Å². The Morgan fingerprint density at radius 3 is 2.65 bits per heavy atom. The number of aliphatic carboxylic acids is 1. The third-order valence-electron chi connectivity index (χ3n) is 6.46. The Bertz CT molecular complexity index is 939. The fourth-order valence-electron chi connectivity index (χ4n) is 4.81. The van der Waals surface area contributed by atoms with E-state index < -0.39 is 23.6 Å². The van der Waals surface area contributed by atoms with Gasteiger partial charge in [-0.15, -0.1) is 0 Å².